The van der Waals surface area contributed by atoms with Gasteiger partial charge < -0.3 is 9.47 Å². The van der Waals surface area contributed by atoms with Crippen molar-refractivity contribution >= 4 is 77.8 Å². The topological polar surface area (TPSA) is 77.0 Å². The summed E-state index contributed by atoms with van der Waals surface area (Å²) in [7, 11) is 0. The molecule has 4 aromatic carbocycles. The van der Waals surface area contributed by atoms with Gasteiger partial charge in [0.05, 0.1) is 15.7 Å². The number of carbonyl (C=O) groups is 2. The summed E-state index contributed by atoms with van der Waals surface area (Å²) < 4.78 is 12.9. The third-order valence-corrected chi connectivity index (χ3v) is 7.85. The van der Waals surface area contributed by atoms with Crippen molar-refractivity contribution < 1.29 is 19.1 Å². The molecule has 1 heterocycles. The van der Waals surface area contributed by atoms with Crippen LogP contribution in [0.25, 0.3) is 20.9 Å². The van der Waals surface area contributed by atoms with Gasteiger partial charge in [-0.2, -0.15) is 5.10 Å². The molecular weight excluding hydrogens is 576 g/mol. The molecule has 0 aliphatic rings. The van der Waals surface area contributed by atoms with E-state index in [0.29, 0.717) is 27.0 Å². The zero-order chi connectivity index (χ0) is 25.8. The standard InChI is InChI=1S/C28H18BrClN2O4S/c29-25-20-9-2-1-7-18(20)12-13-22(25)35-16-24(33)32-31-15-17-6-5-8-19(14-17)36-28(34)27-26(30)21-10-3-4-11-23(21)37-27/h1-15H,16H2,(H,32,33). The molecule has 0 bridgehead atoms. The highest BCUT2D eigenvalue weighted by Crippen LogP contribution is 2.36. The molecule has 0 aliphatic carbocycles. The zero-order valence-corrected chi connectivity index (χ0v) is 22.3. The first-order chi connectivity index (χ1) is 18.0. The summed E-state index contributed by atoms with van der Waals surface area (Å²) >= 11 is 11.2. The van der Waals surface area contributed by atoms with Crippen LogP contribution in [0.5, 0.6) is 11.5 Å². The van der Waals surface area contributed by atoms with Gasteiger partial charge in [0, 0.05) is 10.1 Å². The number of benzene rings is 4. The van der Waals surface area contributed by atoms with Crippen LogP contribution in [-0.2, 0) is 4.79 Å². The van der Waals surface area contributed by atoms with Crippen molar-refractivity contribution in [1.82, 2.24) is 5.43 Å². The van der Waals surface area contributed by atoms with Gasteiger partial charge in [-0.05, 0) is 56.5 Å². The van der Waals surface area contributed by atoms with E-state index in [9.17, 15) is 9.59 Å². The lowest BCUT2D eigenvalue weighted by atomic mass is 10.1. The summed E-state index contributed by atoms with van der Waals surface area (Å²) in [6.07, 6.45) is 1.45. The maximum Gasteiger partial charge on any atom is 0.355 e. The average Bonchev–Trinajstić information content (AvgIpc) is 3.25. The number of esters is 1. The van der Waals surface area contributed by atoms with E-state index in [1.807, 2.05) is 60.7 Å². The fraction of sp³-hybridized carbons (Fsp3) is 0.0357. The number of hydrogen-bond donors (Lipinski definition) is 1. The monoisotopic (exact) mass is 592 g/mol. The van der Waals surface area contributed by atoms with Crippen LogP contribution in [0.2, 0.25) is 5.02 Å². The number of nitrogens with one attached hydrogen (secondary N) is 1. The minimum Gasteiger partial charge on any atom is -0.483 e. The number of ether oxygens (including phenoxy) is 2. The molecule has 184 valence electrons. The maximum absolute atomic E-state index is 12.7. The molecule has 6 nitrogen and oxygen atoms in total. The predicted octanol–water partition coefficient (Wildman–Crippen LogP) is 7.22. The Bertz CT molecular complexity index is 1670. The largest absolute Gasteiger partial charge is 0.483 e. The van der Waals surface area contributed by atoms with Crippen molar-refractivity contribution in [2.45, 2.75) is 0 Å². The van der Waals surface area contributed by atoms with Crippen molar-refractivity contribution in [2.24, 2.45) is 5.10 Å². The molecule has 0 spiro atoms. The second-order valence-electron chi connectivity index (χ2n) is 7.88. The van der Waals surface area contributed by atoms with Gasteiger partial charge in [-0.1, -0.05) is 72.3 Å². The second-order valence-corrected chi connectivity index (χ2v) is 10.1. The number of hydrazone groups is 1. The molecule has 37 heavy (non-hydrogen) atoms. The lowest BCUT2D eigenvalue weighted by Crippen LogP contribution is -2.24. The molecule has 1 aromatic heterocycles. The molecule has 0 atom stereocenters. The summed E-state index contributed by atoms with van der Waals surface area (Å²) in [5.41, 5.74) is 3.06. The summed E-state index contributed by atoms with van der Waals surface area (Å²) in [6, 6.07) is 25.9. The van der Waals surface area contributed by atoms with Crippen LogP contribution < -0.4 is 14.9 Å². The highest BCUT2D eigenvalue weighted by atomic mass is 79.9. The predicted molar refractivity (Wildman–Crippen MR) is 151 cm³/mol. The zero-order valence-electron chi connectivity index (χ0n) is 19.1. The van der Waals surface area contributed by atoms with Crippen LogP contribution in [0, 0.1) is 0 Å². The van der Waals surface area contributed by atoms with E-state index < -0.39 is 11.9 Å². The van der Waals surface area contributed by atoms with Crippen LogP contribution in [0.3, 0.4) is 0 Å². The highest BCUT2D eigenvalue weighted by Gasteiger charge is 2.19. The second kappa shape index (κ2) is 11.1. The number of rotatable bonds is 7. The molecule has 1 amide bonds. The van der Waals surface area contributed by atoms with Gasteiger partial charge in [-0.15, -0.1) is 11.3 Å². The van der Waals surface area contributed by atoms with Crippen molar-refractivity contribution in [2.75, 3.05) is 6.61 Å². The molecule has 1 N–H and O–H groups in total. The first-order valence-corrected chi connectivity index (χ1v) is 13.1. The molecular formula is C28H18BrClN2O4S. The Morgan fingerprint density at radius 2 is 1.76 bits per heavy atom. The van der Waals surface area contributed by atoms with Crippen LogP contribution in [0.1, 0.15) is 15.2 Å². The normalized spacial score (nSPS) is 11.2. The SMILES string of the molecule is O=C(COc1ccc2ccccc2c1Br)NN=Cc1cccc(OC(=O)c2sc3ccccc3c2Cl)c1. The summed E-state index contributed by atoms with van der Waals surface area (Å²) in [6.45, 7) is -0.206. The van der Waals surface area contributed by atoms with E-state index in [1.165, 1.54) is 17.6 Å². The van der Waals surface area contributed by atoms with E-state index in [1.54, 1.807) is 24.3 Å². The van der Waals surface area contributed by atoms with Crippen LogP contribution in [0.15, 0.2) is 94.5 Å². The van der Waals surface area contributed by atoms with Gasteiger partial charge in [0.15, 0.2) is 6.61 Å². The van der Waals surface area contributed by atoms with E-state index >= 15 is 0 Å². The lowest BCUT2D eigenvalue weighted by molar-refractivity contribution is -0.123. The average molecular weight is 594 g/mol. The molecule has 0 fully saturated rings. The van der Waals surface area contributed by atoms with Crippen LogP contribution in [0.4, 0.5) is 0 Å². The summed E-state index contributed by atoms with van der Waals surface area (Å²) in [5, 5.41) is 7.22. The number of thiophene rings is 1. The third-order valence-electron chi connectivity index (χ3n) is 5.38. The first kappa shape index (κ1) is 25.0. The van der Waals surface area contributed by atoms with Gasteiger partial charge in [-0.25, -0.2) is 10.2 Å². The minimum atomic E-state index is -0.536. The van der Waals surface area contributed by atoms with Crippen molar-refractivity contribution in [3.63, 3.8) is 0 Å². The molecule has 0 saturated heterocycles. The fourth-order valence-electron chi connectivity index (χ4n) is 3.64. The molecule has 0 unspecified atom stereocenters. The number of halogens is 2. The van der Waals surface area contributed by atoms with Crippen molar-refractivity contribution in [3.05, 3.63) is 105 Å². The summed E-state index contributed by atoms with van der Waals surface area (Å²) in [4.78, 5) is 25.3. The van der Waals surface area contributed by atoms with Gasteiger partial charge in [-0.3, -0.25) is 4.79 Å². The van der Waals surface area contributed by atoms with E-state index in [-0.39, 0.29) is 6.61 Å². The fourth-order valence-corrected chi connectivity index (χ4v) is 5.63. The molecule has 5 rings (SSSR count). The number of nitrogens with zero attached hydrogens (tertiary/aromatic N) is 1. The molecule has 0 radical (unpaired) electrons. The van der Waals surface area contributed by atoms with Crippen molar-refractivity contribution in [1.29, 1.82) is 0 Å². The minimum absolute atomic E-state index is 0.206. The van der Waals surface area contributed by atoms with Crippen molar-refractivity contribution in [3.8, 4) is 11.5 Å². The Balaban J connectivity index is 1.18. The third kappa shape index (κ3) is 5.67. The summed E-state index contributed by atoms with van der Waals surface area (Å²) in [5.74, 6) is -0.0618. The highest BCUT2D eigenvalue weighted by molar-refractivity contribution is 9.10. The number of amides is 1. The molecule has 0 aliphatic heterocycles. The van der Waals surface area contributed by atoms with E-state index in [4.69, 9.17) is 21.1 Å². The number of carbonyl (C=O) groups excluding carboxylic acids is 2. The van der Waals surface area contributed by atoms with Crippen LogP contribution >= 0.6 is 38.9 Å². The van der Waals surface area contributed by atoms with Gasteiger partial charge in [0.1, 0.15) is 16.4 Å². The Hall–Kier alpha value is -3.72. The van der Waals surface area contributed by atoms with E-state index in [2.05, 4.69) is 26.5 Å². The smallest absolute Gasteiger partial charge is 0.355 e. The number of hydrogen-bond acceptors (Lipinski definition) is 6. The quantitative estimate of drug-likeness (QED) is 0.0936. The van der Waals surface area contributed by atoms with E-state index in [0.717, 1.165) is 25.3 Å². The maximum atomic E-state index is 12.7. The van der Waals surface area contributed by atoms with Gasteiger partial charge in [0.2, 0.25) is 0 Å². The van der Waals surface area contributed by atoms with Gasteiger partial charge >= 0.3 is 5.97 Å². The first-order valence-electron chi connectivity index (χ1n) is 11.1. The number of fused-ring (bicyclic) bond motifs is 2. The van der Waals surface area contributed by atoms with Crippen LogP contribution in [-0.4, -0.2) is 24.7 Å². The Morgan fingerprint density at radius 1 is 0.973 bits per heavy atom. The Kier molecular flexibility index (Phi) is 7.50. The molecule has 0 saturated carbocycles. The Morgan fingerprint density at radius 3 is 2.59 bits per heavy atom. The molecule has 5 aromatic rings. The molecule has 9 heteroatoms. The lowest BCUT2D eigenvalue weighted by Gasteiger charge is -2.09. The van der Waals surface area contributed by atoms with Gasteiger partial charge in [0.25, 0.3) is 5.91 Å². The Labute approximate surface area is 229 Å².